The molecular formula is C15H14BrF2N. The van der Waals surface area contributed by atoms with Gasteiger partial charge in [0.2, 0.25) is 0 Å². The molecule has 2 rings (SSSR count). The van der Waals surface area contributed by atoms with Crippen LogP contribution in [0.5, 0.6) is 0 Å². The maximum absolute atomic E-state index is 13.9. The fraction of sp³-hybridized carbons (Fsp3) is 0.200. The fourth-order valence-corrected chi connectivity index (χ4v) is 2.41. The standard InChI is InChI=1S/C15H14BrF2N/c1-19-15(8-10-4-2-3-5-13(10)17)12-9-11(16)6-7-14(12)18/h2-7,9,15,19H,8H2,1H3. The van der Waals surface area contributed by atoms with E-state index in [-0.39, 0.29) is 17.7 Å². The number of benzene rings is 2. The molecule has 0 radical (unpaired) electrons. The first-order valence-corrected chi connectivity index (χ1v) is 6.76. The number of hydrogen-bond donors (Lipinski definition) is 1. The lowest BCUT2D eigenvalue weighted by molar-refractivity contribution is 0.519. The van der Waals surface area contributed by atoms with Crippen LogP contribution in [-0.4, -0.2) is 7.05 Å². The number of nitrogens with one attached hydrogen (secondary N) is 1. The Morgan fingerprint density at radius 3 is 2.53 bits per heavy atom. The fourth-order valence-electron chi connectivity index (χ4n) is 2.03. The molecule has 0 fully saturated rings. The van der Waals surface area contributed by atoms with Gasteiger partial charge >= 0.3 is 0 Å². The molecule has 19 heavy (non-hydrogen) atoms. The number of hydrogen-bond acceptors (Lipinski definition) is 1. The molecule has 1 unspecified atom stereocenters. The van der Waals surface area contributed by atoms with E-state index in [0.29, 0.717) is 17.5 Å². The van der Waals surface area contributed by atoms with Gasteiger partial charge in [0, 0.05) is 16.1 Å². The van der Waals surface area contributed by atoms with Crippen LogP contribution in [0.2, 0.25) is 0 Å². The van der Waals surface area contributed by atoms with E-state index >= 15 is 0 Å². The van der Waals surface area contributed by atoms with Crippen LogP contribution in [0, 0.1) is 11.6 Å². The summed E-state index contributed by atoms with van der Waals surface area (Å²) in [7, 11) is 1.74. The van der Waals surface area contributed by atoms with Crippen molar-refractivity contribution in [1.82, 2.24) is 5.32 Å². The third kappa shape index (κ3) is 3.39. The number of likely N-dealkylation sites (N-methyl/N-ethyl adjacent to an activating group) is 1. The zero-order valence-electron chi connectivity index (χ0n) is 10.5. The van der Waals surface area contributed by atoms with Crippen LogP contribution in [-0.2, 0) is 6.42 Å². The maximum atomic E-state index is 13.9. The van der Waals surface area contributed by atoms with Gasteiger partial charge in [-0.25, -0.2) is 8.78 Å². The van der Waals surface area contributed by atoms with Crippen LogP contribution in [0.25, 0.3) is 0 Å². The molecule has 0 aliphatic carbocycles. The number of halogens is 3. The Morgan fingerprint density at radius 1 is 1.11 bits per heavy atom. The summed E-state index contributed by atoms with van der Waals surface area (Å²) in [4.78, 5) is 0. The molecule has 2 aromatic rings. The van der Waals surface area contributed by atoms with E-state index in [4.69, 9.17) is 0 Å². The van der Waals surface area contributed by atoms with Gasteiger partial charge in [0.15, 0.2) is 0 Å². The van der Waals surface area contributed by atoms with E-state index in [1.165, 1.54) is 12.1 Å². The smallest absolute Gasteiger partial charge is 0.128 e. The zero-order valence-corrected chi connectivity index (χ0v) is 12.0. The Bertz CT molecular complexity index is 572. The van der Waals surface area contributed by atoms with Crippen LogP contribution < -0.4 is 5.32 Å². The molecule has 0 aromatic heterocycles. The molecule has 0 spiro atoms. The van der Waals surface area contributed by atoms with Crippen molar-refractivity contribution in [3.63, 3.8) is 0 Å². The molecule has 1 nitrogen and oxygen atoms in total. The summed E-state index contributed by atoms with van der Waals surface area (Å²) >= 11 is 3.33. The van der Waals surface area contributed by atoms with Crippen molar-refractivity contribution in [3.05, 3.63) is 69.7 Å². The van der Waals surface area contributed by atoms with Crippen molar-refractivity contribution < 1.29 is 8.78 Å². The maximum Gasteiger partial charge on any atom is 0.128 e. The monoisotopic (exact) mass is 325 g/mol. The average Bonchev–Trinajstić information content (AvgIpc) is 2.41. The van der Waals surface area contributed by atoms with Gasteiger partial charge in [-0.1, -0.05) is 34.1 Å². The van der Waals surface area contributed by atoms with Crippen LogP contribution in [0.4, 0.5) is 8.78 Å². The third-order valence-electron chi connectivity index (χ3n) is 3.06. The molecule has 0 bridgehead atoms. The summed E-state index contributed by atoms with van der Waals surface area (Å²) in [5.41, 5.74) is 1.10. The van der Waals surface area contributed by atoms with Crippen LogP contribution in [0.3, 0.4) is 0 Å². The molecular weight excluding hydrogens is 312 g/mol. The highest BCUT2D eigenvalue weighted by atomic mass is 79.9. The van der Waals surface area contributed by atoms with E-state index in [0.717, 1.165) is 4.47 Å². The molecule has 0 amide bonds. The Labute approximate surface area is 119 Å². The first-order valence-electron chi connectivity index (χ1n) is 5.97. The Hall–Kier alpha value is -1.26. The lowest BCUT2D eigenvalue weighted by Crippen LogP contribution is -2.20. The van der Waals surface area contributed by atoms with Crippen molar-refractivity contribution >= 4 is 15.9 Å². The summed E-state index contributed by atoms with van der Waals surface area (Å²) in [6.07, 6.45) is 0.399. The summed E-state index contributed by atoms with van der Waals surface area (Å²) in [5.74, 6) is -0.558. The van der Waals surface area contributed by atoms with Gasteiger partial charge in [0.05, 0.1) is 0 Å². The summed E-state index contributed by atoms with van der Waals surface area (Å²) < 4.78 is 28.3. The average molecular weight is 326 g/mol. The lowest BCUT2D eigenvalue weighted by atomic mass is 9.98. The van der Waals surface area contributed by atoms with Crippen LogP contribution >= 0.6 is 15.9 Å². The summed E-state index contributed by atoms with van der Waals surface area (Å²) in [5, 5.41) is 3.03. The first-order chi connectivity index (χ1) is 9.11. The third-order valence-corrected chi connectivity index (χ3v) is 3.56. The highest BCUT2D eigenvalue weighted by Crippen LogP contribution is 2.25. The normalized spacial score (nSPS) is 12.4. The molecule has 4 heteroatoms. The van der Waals surface area contributed by atoms with Gasteiger partial charge in [-0.2, -0.15) is 0 Å². The van der Waals surface area contributed by atoms with Gasteiger partial charge in [0.1, 0.15) is 11.6 Å². The quantitative estimate of drug-likeness (QED) is 0.887. The minimum atomic E-state index is -0.293. The largest absolute Gasteiger partial charge is 0.313 e. The Morgan fingerprint density at radius 2 is 1.84 bits per heavy atom. The van der Waals surface area contributed by atoms with Crippen molar-refractivity contribution in [2.45, 2.75) is 12.5 Å². The summed E-state index contributed by atoms with van der Waals surface area (Å²) in [6.45, 7) is 0. The molecule has 100 valence electrons. The lowest BCUT2D eigenvalue weighted by Gasteiger charge is -2.18. The van der Waals surface area contributed by atoms with E-state index in [1.807, 2.05) is 0 Å². The van der Waals surface area contributed by atoms with Crippen molar-refractivity contribution in [2.75, 3.05) is 7.05 Å². The molecule has 0 saturated heterocycles. The van der Waals surface area contributed by atoms with Gasteiger partial charge in [-0.05, 0) is 43.3 Å². The number of rotatable bonds is 4. The van der Waals surface area contributed by atoms with E-state index < -0.39 is 0 Å². The molecule has 0 saturated carbocycles. The predicted molar refractivity (Wildman–Crippen MR) is 76.0 cm³/mol. The molecule has 1 N–H and O–H groups in total. The molecule has 0 heterocycles. The van der Waals surface area contributed by atoms with Crippen molar-refractivity contribution in [2.24, 2.45) is 0 Å². The molecule has 0 aliphatic rings. The second kappa shape index (κ2) is 6.26. The molecule has 2 aromatic carbocycles. The second-order valence-corrected chi connectivity index (χ2v) is 5.22. The highest BCUT2D eigenvalue weighted by molar-refractivity contribution is 9.10. The van der Waals surface area contributed by atoms with Crippen LogP contribution in [0.15, 0.2) is 46.9 Å². The van der Waals surface area contributed by atoms with Crippen molar-refractivity contribution in [1.29, 1.82) is 0 Å². The molecule has 0 aliphatic heterocycles. The van der Waals surface area contributed by atoms with E-state index in [2.05, 4.69) is 21.2 Å². The molecule has 1 atom stereocenters. The minimum Gasteiger partial charge on any atom is -0.313 e. The van der Waals surface area contributed by atoms with Crippen molar-refractivity contribution in [3.8, 4) is 0 Å². The summed E-state index contributed by atoms with van der Waals surface area (Å²) in [6, 6.07) is 11.1. The predicted octanol–water partition coefficient (Wildman–Crippen LogP) is 4.23. The highest BCUT2D eigenvalue weighted by Gasteiger charge is 2.16. The van der Waals surface area contributed by atoms with Gasteiger partial charge in [0.25, 0.3) is 0 Å². The van der Waals surface area contributed by atoms with E-state index in [1.54, 1.807) is 37.4 Å². The first kappa shape index (κ1) is 14.2. The zero-order chi connectivity index (χ0) is 13.8. The van der Waals surface area contributed by atoms with Crippen LogP contribution in [0.1, 0.15) is 17.2 Å². The SMILES string of the molecule is CNC(Cc1ccccc1F)c1cc(Br)ccc1F. The Kier molecular flexibility index (Phi) is 4.66. The topological polar surface area (TPSA) is 12.0 Å². The minimum absolute atomic E-state index is 0.266. The van der Waals surface area contributed by atoms with E-state index in [9.17, 15) is 8.78 Å². The Balaban J connectivity index is 2.30. The van der Waals surface area contributed by atoms with Gasteiger partial charge in [-0.15, -0.1) is 0 Å². The van der Waals surface area contributed by atoms with Gasteiger partial charge < -0.3 is 5.32 Å². The second-order valence-electron chi connectivity index (χ2n) is 4.30. The van der Waals surface area contributed by atoms with Gasteiger partial charge in [-0.3, -0.25) is 0 Å².